The van der Waals surface area contributed by atoms with Crippen molar-refractivity contribution in [3.63, 3.8) is 0 Å². The summed E-state index contributed by atoms with van der Waals surface area (Å²) >= 11 is 6.18. The third-order valence-electron chi connectivity index (χ3n) is 2.75. The first kappa shape index (κ1) is 13.7. The number of rotatable bonds is 5. The average molecular weight is 277 g/mol. The standard InChI is InChI=1S/C15H17ClN2O/c1-3-19-15-10-6-9-14(18-15)17-11(2)12-7-4-5-8-13(12)16/h4-11H,3H2,1-2H3,(H,17,18). The van der Waals surface area contributed by atoms with Gasteiger partial charge >= 0.3 is 0 Å². The van der Waals surface area contributed by atoms with E-state index in [1.807, 2.05) is 49.4 Å². The number of hydrogen-bond acceptors (Lipinski definition) is 3. The van der Waals surface area contributed by atoms with Crippen molar-refractivity contribution in [3.8, 4) is 5.88 Å². The molecule has 100 valence electrons. The molecular weight excluding hydrogens is 260 g/mol. The molecule has 2 rings (SSSR count). The number of benzene rings is 1. The number of halogens is 1. The van der Waals surface area contributed by atoms with Gasteiger partial charge in [-0.25, -0.2) is 0 Å². The van der Waals surface area contributed by atoms with E-state index in [1.54, 1.807) is 0 Å². The molecule has 0 aliphatic heterocycles. The van der Waals surface area contributed by atoms with Crippen molar-refractivity contribution >= 4 is 17.4 Å². The predicted octanol–water partition coefficient (Wildman–Crippen LogP) is 4.31. The maximum Gasteiger partial charge on any atom is 0.215 e. The first-order valence-electron chi connectivity index (χ1n) is 6.31. The number of anilines is 1. The van der Waals surface area contributed by atoms with Crippen molar-refractivity contribution in [1.82, 2.24) is 4.98 Å². The fourth-order valence-corrected chi connectivity index (χ4v) is 2.15. The van der Waals surface area contributed by atoms with Crippen molar-refractivity contribution in [2.75, 3.05) is 11.9 Å². The SMILES string of the molecule is CCOc1cccc(NC(C)c2ccccc2Cl)n1. The predicted molar refractivity (Wildman–Crippen MR) is 78.9 cm³/mol. The highest BCUT2D eigenvalue weighted by molar-refractivity contribution is 6.31. The summed E-state index contributed by atoms with van der Waals surface area (Å²) in [4.78, 5) is 4.38. The zero-order valence-corrected chi connectivity index (χ0v) is 11.8. The third-order valence-corrected chi connectivity index (χ3v) is 3.10. The summed E-state index contributed by atoms with van der Waals surface area (Å²) in [6.45, 7) is 4.60. The Balaban J connectivity index is 2.12. The van der Waals surface area contributed by atoms with Gasteiger partial charge in [-0.2, -0.15) is 4.98 Å². The van der Waals surface area contributed by atoms with Crippen molar-refractivity contribution < 1.29 is 4.74 Å². The summed E-state index contributed by atoms with van der Waals surface area (Å²) < 4.78 is 5.38. The largest absolute Gasteiger partial charge is 0.478 e. The maximum absolute atomic E-state index is 6.18. The van der Waals surface area contributed by atoms with Gasteiger partial charge in [0.2, 0.25) is 5.88 Å². The first-order valence-corrected chi connectivity index (χ1v) is 6.69. The van der Waals surface area contributed by atoms with Crippen molar-refractivity contribution in [1.29, 1.82) is 0 Å². The van der Waals surface area contributed by atoms with Crippen LogP contribution in [0.5, 0.6) is 5.88 Å². The van der Waals surface area contributed by atoms with Crippen LogP contribution in [0.1, 0.15) is 25.5 Å². The lowest BCUT2D eigenvalue weighted by Gasteiger charge is -2.16. The van der Waals surface area contributed by atoms with Gasteiger partial charge in [0.05, 0.1) is 12.6 Å². The number of aromatic nitrogens is 1. The molecule has 3 nitrogen and oxygen atoms in total. The molecule has 0 bridgehead atoms. The zero-order chi connectivity index (χ0) is 13.7. The minimum absolute atomic E-state index is 0.0816. The van der Waals surface area contributed by atoms with E-state index in [1.165, 1.54) is 0 Å². The van der Waals surface area contributed by atoms with Crippen molar-refractivity contribution in [3.05, 3.63) is 53.1 Å². The van der Waals surface area contributed by atoms with Gasteiger partial charge in [0.25, 0.3) is 0 Å². The second-order valence-electron chi connectivity index (χ2n) is 4.18. The molecule has 1 N–H and O–H groups in total. The molecule has 4 heteroatoms. The summed E-state index contributed by atoms with van der Waals surface area (Å²) in [7, 11) is 0. The molecule has 1 atom stereocenters. The molecule has 1 aromatic carbocycles. The number of ether oxygens (including phenoxy) is 1. The van der Waals surface area contributed by atoms with E-state index in [0.29, 0.717) is 12.5 Å². The zero-order valence-electron chi connectivity index (χ0n) is 11.1. The Morgan fingerprint density at radius 1 is 1.21 bits per heavy atom. The van der Waals surface area contributed by atoms with Gasteiger partial charge in [-0.1, -0.05) is 35.9 Å². The smallest absolute Gasteiger partial charge is 0.215 e. The molecule has 0 saturated heterocycles. The van der Waals surface area contributed by atoms with E-state index >= 15 is 0 Å². The molecule has 0 spiro atoms. The van der Waals surface area contributed by atoms with E-state index in [4.69, 9.17) is 16.3 Å². The van der Waals surface area contributed by atoms with Gasteiger partial charge in [-0.3, -0.25) is 0 Å². The quantitative estimate of drug-likeness (QED) is 0.884. The molecule has 0 radical (unpaired) electrons. The highest BCUT2D eigenvalue weighted by atomic mass is 35.5. The molecule has 1 aromatic heterocycles. The number of nitrogens with one attached hydrogen (secondary N) is 1. The average Bonchev–Trinajstić information content (AvgIpc) is 2.40. The molecule has 0 aliphatic carbocycles. The lowest BCUT2D eigenvalue weighted by atomic mass is 10.1. The molecule has 1 heterocycles. The number of nitrogens with zero attached hydrogens (tertiary/aromatic N) is 1. The molecule has 0 amide bonds. The van der Waals surface area contributed by atoms with Crippen LogP contribution in [0, 0.1) is 0 Å². The fourth-order valence-electron chi connectivity index (χ4n) is 1.85. The summed E-state index contributed by atoms with van der Waals surface area (Å²) in [5.41, 5.74) is 1.05. The van der Waals surface area contributed by atoms with E-state index in [0.717, 1.165) is 16.4 Å². The van der Waals surface area contributed by atoms with Crippen LogP contribution < -0.4 is 10.1 Å². The monoisotopic (exact) mass is 276 g/mol. The van der Waals surface area contributed by atoms with Crippen LogP contribution in [-0.4, -0.2) is 11.6 Å². The van der Waals surface area contributed by atoms with Gasteiger partial charge < -0.3 is 10.1 Å². The minimum Gasteiger partial charge on any atom is -0.478 e. The van der Waals surface area contributed by atoms with Gasteiger partial charge in [-0.05, 0) is 31.5 Å². The summed E-state index contributed by atoms with van der Waals surface area (Å²) in [6, 6.07) is 13.5. The summed E-state index contributed by atoms with van der Waals surface area (Å²) in [5, 5.41) is 4.08. The molecule has 19 heavy (non-hydrogen) atoms. The van der Waals surface area contributed by atoms with Crippen LogP contribution in [0.2, 0.25) is 5.02 Å². The Labute approximate surface area is 118 Å². The van der Waals surface area contributed by atoms with Gasteiger partial charge in [-0.15, -0.1) is 0 Å². The van der Waals surface area contributed by atoms with Crippen LogP contribution in [0.3, 0.4) is 0 Å². The summed E-state index contributed by atoms with van der Waals surface area (Å²) in [6.07, 6.45) is 0. The Morgan fingerprint density at radius 3 is 2.74 bits per heavy atom. The maximum atomic E-state index is 6.18. The molecule has 0 fully saturated rings. The van der Waals surface area contributed by atoms with Crippen LogP contribution in [0.4, 0.5) is 5.82 Å². The lowest BCUT2D eigenvalue weighted by molar-refractivity contribution is 0.327. The van der Waals surface area contributed by atoms with Crippen LogP contribution in [0.15, 0.2) is 42.5 Å². The molecule has 1 unspecified atom stereocenters. The fraction of sp³-hybridized carbons (Fsp3) is 0.267. The summed E-state index contributed by atoms with van der Waals surface area (Å²) in [5.74, 6) is 1.40. The Bertz CT molecular complexity index is 545. The minimum atomic E-state index is 0.0816. The van der Waals surface area contributed by atoms with Gasteiger partial charge in [0.1, 0.15) is 5.82 Å². The number of pyridine rings is 1. The second kappa shape index (κ2) is 6.43. The van der Waals surface area contributed by atoms with Crippen LogP contribution >= 0.6 is 11.6 Å². The van der Waals surface area contributed by atoms with E-state index in [2.05, 4.69) is 17.2 Å². The van der Waals surface area contributed by atoms with E-state index in [-0.39, 0.29) is 6.04 Å². The second-order valence-corrected chi connectivity index (χ2v) is 4.59. The molecule has 0 saturated carbocycles. The normalized spacial score (nSPS) is 11.9. The Morgan fingerprint density at radius 2 is 2.00 bits per heavy atom. The third kappa shape index (κ3) is 3.61. The highest BCUT2D eigenvalue weighted by Gasteiger charge is 2.09. The first-order chi connectivity index (χ1) is 9.20. The lowest BCUT2D eigenvalue weighted by Crippen LogP contribution is -2.08. The topological polar surface area (TPSA) is 34.1 Å². The van der Waals surface area contributed by atoms with Gasteiger partial charge in [0, 0.05) is 11.1 Å². The van der Waals surface area contributed by atoms with Crippen LogP contribution in [-0.2, 0) is 0 Å². The van der Waals surface area contributed by atoms with E-state index in [9.17, 15) is 0 Å². The Kier molecular flexibility index (Phi) is 4.63. The molecule has 2 aromatic rings. The molecular formula is C15H17ClN2O. The highest BCUT2D eigenvalue weighted by Crippen LogP contribution is 2.25. The number of hydrogen-bond donors (Lipinski definition) is 1. The van der Waals surface area contributed by atoms with E-state index < -0.39 is 0 Å². The Hall–Kier alpha value is -1.74. The van der Waals surface area contributed by atoms with Crippen LogP contribution in [0.25, 0.3) is 0 Å². The molecule has 0 aliphatic rings. The van der Waals surface area contributed by atoms with Crippen molar-refractivity contribution in [2.24, 2.45) is 0 Å². The van der Waals surface area contributed by atoms with Gasteiger partial charge in [0.15, 0.2) is 0 Å². The van der Waals surface area contributed by atoms with Crippen molar-refractivity contribution in [2.45, 2.75) is 19.9 Å².